The van der Waals surface area contributed by atoms with Gasteiger partial charge in [0.05, 0.1) is 22.0 Å². The van der Waals surface area contributed by atoms with Gasteiger partial charge in [0, 0.05) is 0 Å². The van der Waals surface area contributed by atoms with E-state index in [1.807, 2.05) is 30.3 Å². The summed E-state index contributed by atoms with van der Waals surface area (Å²) in [6.07, 6.45) is 0. The molecule has 0 amide bonds. The number of rotatable bonds is 4. The maximum Gasteiger partial charge on any atom is 0.178 e. The fourth-order valence-corrected chi connectivity index (χ4v) is 2.38. The van der Waals surface area contributed by atoms with Gasteiger partial charge in [-0.1, -0.05) is 25.1 Å². The molecule has 0 saturated carbocycles. The van der Waals surface area contributed by atoms with Crippen LogP contribution in [0.5, 0.6) is 0 Å². The molecule has 0 radical (unpaired) electrons. The highest BCUT2D eigenvalue weighted by Gasteiger charge is 2.10. The molecule has 0 heterocycles. The van der Waals surface area contributed by atoms with Gasteiger partial charge in [0.15, 0.2) is 9.84 Å². The first kappa shape index (κ1) is 13.4. The normalized spacial score (nSPS) is 11.8. The largest absolute Gasteiger partial charge is 0.224 e. The van der Waals surface area contributed by atoms with E-state index in [1.54, 1.807) is 31.2 Å². The van der Waals surface area contributed by atoms with E-state index >= 15 is 0 Å². The topological polar surface area (TPSA) is 58.9 Å². The number of sulfone groups is 1. The SMILES string of the molecule is CCS(=O)(=O)c1ccc(N=Nc2ccccc2)cc1. The molecule has 0 aliphatic rings. The summed E-state index contributed by atoms with van der Waals surface area (Å²) >= 11 is 0. The Morgan fingerprint density at radius 1 is 0.842 bits per heavy atom. The van der Waals surface area contributed by atoms with E-state index in [-0.39, 0.29) is 5.75 Å². The number of hydrogen-bond acceptors (Lipinski definition) is 4. The van der Waals surface area contributed by atoms with E-state index in [9.17, 15) is 8.42 Å². The van der Waals surface area contributed by atoms with E-state index < -0.39 is 9.84 Å². The Labute approximate surface area is 112 Å². The Hall–Kier alpha value is -2.01. The summed E-state index contributed by atoms with van der Waals surface area (Å²) in [6, 6.07) is 15.8. The van der Waals surface area contributed by atoms with Crippen LogP contribution in [0.25, 0.3) is 0 Å². The molecule has 2 aromatic carbocycles. The van der Waals surface area contributed by atoms with Crippen molar-refractivity contribution in [1.82, 2.24) is 0 Å². The van der Waals surface area contributed by atoms with Crippen molar-refractivity contribution in [2.24, 2.45) is 10.2 Å². The Kier molecular flexibility index (Phi) is 4.06. The third-order valence-corrected chi connectivity index (χ3v) is 4.36. The second kappa shape index (κ2) is 5.75. The van der Waals surface area contributed by atoms with E-state index in [0.717, 1.165) is 5.69 Å². The highest BCUT2D eigenvalue weighted by atomic mass is 32.2. The fraction of sp³-hybridized carbons (Fsp3) is 0.143. The van der Waals surface area contributed by atoms with E-state index in [2.05, 4.69) is 10.2 Å². The molecule has 0 saturated heterocycles. The zero-order valence-corrected chi connectivity index (χ0v) is 11.3. The van der Waals surface area contributed by atoms with Crippen molar-refractivity contribution in [3.05, 3.63) is 54.6 Å². The molecule has 0 fully saturated rings. The zero-order valence-electron chi connectivity index (χ0n) is 10.5. The van der Waals surface area contributed by atoms with E-state index in [1.165, 1.54) is 0 Å². The molecule has 0 bridgehead atoms. The summed E-state index contributed by atoms with van der Waals surface area (Å²) < 4.78 is 23.3. The number of nitrogens with zero attached hydrogens (tertiary/aromatic N) is 2. The second-order valence-corrected chi connectivity index (χ2v) is 6.21. The summed E-state index contributed by atoms with van der Waals surface area (Å²) in [5, 5.41) is 8.12. The average Bonchev–Trinajstić information content (AvgIpc) is 2.47. The van der Waals surface area contributed by atoms with Gasteiger partial charge in [-0.3, -0.25) is 0 Å². The van der Waals surface area contributed by atoms with Crippen molar-refractivity contribution in [3.8, 4) is 0 Å². The Bertz CT molecular complexity index is 662. The Morgan fingerprint density at radius 3 is 1.89 bits per heavy atom. The smallest absolute Gasteiger partial charge is 0.178 e. The second-order valence-electron chi connectivity index (χ2n) is 3.93. The standard InChI is InChI=1S/C14H14N2O2S/c1-2-19(17,18)14-10-8-13(9-11-14)16-15-12-6-4-3-5-7-12/h3-11H,2H2,1H3. The minimum atomic E-state index is -3.15. The van der Waals surface area contributed by atoms with Crippen molar-refractivity contribution in [2.75, 3.05) is 5.75 Å². The zero-order chi connectivity index (χ0) is 13.7. The molecular formula is C14H14N2O2S. The van der Waals surface area contributed by atoms with Crippen LogP contribution >= 0.6 is 0 Å². The summed E-state index contributed by atoms with van der Waals surface area (Å²) in [5.74, 6) is 0.0951. The van der Waals surface area contributed by atoms with Crippen molar-refractivity contribution < 1.29 is 8.42 Å². The molecule has 0 aromatic heterocycles. The van der Waals surface area contributed by atoms with Gasteiger partial charge in [0.25, 0.3) is 0 Å². The van der Waals surface area contributed by atoms with Crippen LogP contribution in [0.3, 0.4) is 0 Å². The third kappa shape index (κ3) is 3.48. The molecule has 2 rings (SSSR count). The number of hydrogen-bond donors (Lipinski definition) is 0. The van der Waals surface area contributed by atoms with Gasteiger partial charge in [-0.05, 0) is 36.4 Å². The van der Waals surface area contributed by atoms with Gasteiger partial charge in [-0.25, -0.2) is 8.42 Å². The van der Waals surface area contributed by atoms with Gasteiger partial charge in [0.2, 0.25) is 0 Å². The van der Waals surface area contributed by atoms with Crippen LogP contribution in [0.2, 0.25) is 0 Å². The summed E-state index contributed by atoms with van der Waals surface area (Å²) in [7, 11) is -3.15. The lowest BCUT2D eigenvalue weighted by atomic mass is 10.3. The highest BCUT2D eigenvalue weighted by molar-refractivity contribution is 7.91. The van der Waals surface area contributed by atoms with Crippen LogP contribution in [0, 0.1) is 0 Å². The number of azo groups is 1. The lowest BCUT2D eigenvalue weighted by Gasteiger charge is -2.00. The first-order chi connectivity index (χ1) is 9.12. The lowest BCUT2D eigenvalue weighted by molar-refractivity contribution is 0.597. The van der Waals surface area contributed by atoms with E-state index in [0.29, 0.717) is 10.6 Å². The molecule has 0 aliphatic heterocycles. The predicted molar refractivity (Wildman–Crippen MR) is 74.8 cm³/mol. The molecule has 0 aliphatic carbocycles. The fourth-order valence-electron chi connectivity index (χ4n) is 1.50. The van der Waals surface area contributed by atoms with Crippen LogP contribution in [-0.4, -0.2) is 14.2 Å². The van der Waals surface area contributed by atoms with Crippen LogP contribution in [-0.2, 0) is 9.84 Å². The molecule has 0 atom stereocenters. The maximum absolute atomic E-state index is 11.6. The lowest BCUT2D eigenvalue weighted by Crippen LogP contribution is -2.02. The average molecular weight is 274 g/mol. The third-order valence-electron chi connectivity index (χ3n) is 2.61. The van der Waals surface area contributed by atoms with Crippen LogP contribution in [0.15, 0.2) is 69.7 Å². The quantitative estimate of drug-likeness (QED) is 0.794. The Balaban J connectivity index is 2.18. The first-order valence-corrected chi connectivity index (χ1v) is 7.56. The van der Waals surface area contributed by atoms with Gasteiger partial charge in [-0.2, -0.15) is 10.2 Å². The molecule has 0 spiro atoms. The van der Waals surface area contributed by atoms with Gasteiger partial charge in [0.1, 0.15) is 0 Å². The Morgan fingerprint density at radius 2 is 1.37 bits per heavy atom. The molecule has 19 heavy (non-hydrogen) atoms. The minimum Gasteiger partial charge on any atom is -0.224 e. The van der Waals surface area contributed by atoms with Crippen LogP contribution < -0.4 is 0 Å². The molecular weight excluding hydrogens is 260 g/mol. The van der Waals surface area contributed by atoms with Crippen molar-refractivity contribution in [3.63, 3.8) is 0 Å². The molecule has 0 unspecified atom stereocenters. The maximum atomic E-state index is 11.6. The molecule has 98 valence electrons. The minimum absolute atomic E-state index is 0.0951. The van der Waals surface area contributed by atoms with Gasteiger partial charge >= 0.3 is 0 Å². The highest BCUT2D eigenvalue weighted by Crippen LogP contribution is 2.20. The van der Waals surface area contributed by atoms with Crippen molar-refractivity contribution >= 4 is 21.2 Å². The molecule has 5 heteroatoms. The predicted octanol–water partition coefficient (Wildman–Crippen LogP) is 3.90. The summed E-state index contributed by atoms with van der Waals surface area (Å²) in [5.41, 5.74) is 1.38. The van der Waals surface area contributed by atoms with Crippen LogP contribution in [0.1, 0.15) is 6.92 Å². The van der Waals surface area contributed by atoms with E-state index in [4.69, 9.17) is 0 Å². The monoisotopic (exact) mass is 274 g/mol. The summed E-state index contributed by atoms with van der Waals surface area (Å²) in [4.78, 5) is 0.314. The molecule has 2 aromatic rings. The molecule has 4 nitrogen and oxygen atoms in total. The molecule has 0 N–H and O–H groups in total. The van der Waals surface area contributed by atoms with Crippen molar-refractivity contribution in [1.29, 1.82) is 0 Å². The number of benzene rings is 2. The summed E-state index contributed by atoms with van der Waals surface area (Å²) in [6.45, 7) is 1.62. The van der Waals surface area contributed by atoms with Gasteiger partial charge in [-0.15, -0.1) is 0 Å². The van der Waals surface area contributed by atoms with Crippen molar-refractivity contribution in [2.45, 2.75) is 11.8 Å². The van der Waals surface area contributed by atoms with Crippen LogP contribution in [0.4, 0.5) is 11.4 Å². The first-order valence-electron chi connectivity index (χ1n) is 5.91. The van der Waals surface area contributed by atoms with Gasteiger partial charge < -0.3 is 0 Å².